The highest BCUT2D eigenvalue weighted by molar-refractivity contribution is 9.11. The van der Waals surface area contributed by atoms with Gasteiger partial charge in [-0.25, -0.2) is 0 Å². The first-order chi connectivity index (χ1) is 7.79. The molecule has 0 aliphatic rings. The Balaban J connectivity index is 2.55. The molecule has 0 radical (unpaired) electrons. The van der Waals surface area contributed by atoms with E-state index in [1.54, 1.807) is 18.2 Å². The fourth-order valence-corrected chi connectivity index (χ4v) is 2.73. The molecule has 17 heavy (non-hydrogen) atoms. The van der Waals surface area contributed by atoms with Crippen molar-refractivity contribution in [3.8, 4) is 0 Å². The molecule has 0 aromatic heterocycles. The maximum absolute atomic E-state index is 11.9. The summed E-state index contributed by atoms with van der Waals surface area (Å²) < 4.78 is 37.4. The lowest BCUT2D eigenvalue weighted by atomic mass is 10.0. The summed E-state index contributed by atoms with van der Waals surface area (Å²) in [5.41, 5.74) is 0.607. The third kappa shape index (κ3) is 5.40. The van der Waals surface area contributed by atoms with E-state index in [0.717, 1.165) is 4.47 Å². The van der Waals surface area contributed by atoms with E-state index >= 15 is 0 Å². The van der Waals surface area contributed by atoms with Crippen LogP contribution in [0.5, 0.6) is 0 Å². The zero-order valence-electron chi connectivity index (χ0n) is 8.77. The number of aliphatic hydroxyl groups excluding tert-OH is 1. The predicted molar refractivity (Wildman–Crippen MR) is 66.7 cm³/mol. The lowest BCUT2D eigenvalue weighted by Crippen LogP contribution is -2.08. The molecule has 0 fully saturated rings. The van der Waals surface area contributed by atoms with Crippen LogP contribution in [0.3, 0.4) is 0 Å². The average molecular weight is 376 g/mol. The number of rotatable bonds is 4. The van der Waals surface area contributed by atoms with Gasteiger partial charge in [-0.2, -0.15) is 13.2 Å². The zero-order valence-corrected chi connectivity index (χ0v) is 11.9. The molecule has 1 aromatic carbocycles. The Bertz CT molecular complexity index is 379. The summed E-state index contributed by atoms with van der Waals surface area (Å²) in [5, 5.41) is 9.78. The van der Waals surface area contributed by atoms with E-state index in [9.17, 15) is 18.3 Å². The minimum atomic E-state index is -4.16. The van der Waals surface area contributed by atoms with Gasteiger partial charge in [0.15, 0.2) is 0 Å². The summed E-state index contributed by atoms with van der Waals surface area (Å²) in [6, 6.07) is 5.18. The van der Waals surface area contributed by atoms with Crippen molar-refractivity contribution < 1.29 is 18.3 Å². The van der Waals surface area contributed by atoms with Gasteiger partial charge in [0, 0.05) is 15.4 Å². The van der Waals surface area contributed by atoms with E-state index in [4.69, 9.17) is 0 Å². The molecule has 0 amide bonds. The van der Waals surface area contributed by atoms with Crippen LogP contribution < -0.4 is 0 Å². The van der Waals surface area contributed by atoms with Crippen molar-refractivity contribution >= 4 is 31.9 Å². The van der Waals surface area contributed by atoms with Crippen molar-refractivity contribution in [2.45, 2.75) is 31.5 Å². The molecule has 96 valence electrons. The van der Waals surface area contributed by atoms with Crippen molar-refractivity contribution in [3.63, 3.8) is 0 Å². The molecule has 0 saturated carbocycles. The quantitative estimate of drug-likeness (QED) is 0.786. The van der Waals surface area contributed by atoms with Gasteiger partial charge < -0.3 is 5.11 Å². The van der Waals surface area contributed by atoms with Gasteiger partial charge in [0.1, 0.15) is 0 Å². The molecule has 1 atom stereocenters. The van der Waals surface area contributed by atoms with Gasteiger partial charge >= 0.3 is 6.18 Å². The van der Waals surface area contributed by atoms with Gasteiger partial charge in [-0.3, -0.25) is 0 Å². The fraction of sp³-hybridized carbons (Fsp3) is 0.455. The van der Waals surface area contributed by atoms with E-state index in [1.807, 2.05) is 0 Å². The fourth-order valence-electron chi connectivity index (χ4n) is 1.42. The van der Waals surface area contributed by atoms with Crippen LogP contribution in [0.4, 0.5) is 13.2 Å². The molecule has 1 aromatic rings. The van der Waals surface area contributed by atoms with Gasteiger partial charge in [-0.05, 0) is 30.5 Å². The third-order valence-electron chi connectivity index (χ3n) is 2.26. The van der Waals surface area contributed by atoms with Crippen LogP contribution in [0, 0.1) is 0 Å². The van der Waals surface area contributed by atoms with Crippen LogP contribution >= 0.6 is 31.9 Å². The summed E-state index contributed by atoms with van der Waals surface area (Å²) in [6.45, 7) is 0. The maximum atomic E-state index is 11.9. The van der Waals surface area contributed by atoms with Crippen molar-refractivity contribution in [1.29, 1.82) is 0 Å². The lowest BCUT2D eigenvalue weighted by Gasteiger charge is -2.13. The summed E-state index contributed by atoms with van der Waals surface area (Å²) in [5.74, 6) is 0. The Morgan fingerprint density at radius 3 is 2.41 bits per heavy atom. The molecule has 1 N–H and O–H groups in total. The Morgan fingerprint density at radius 1 is 1.24 bits per heavy atom. The molecule has 0 saturated heterocycles. The molecular weight excluding hydrogens is 365 g/mol. The number of alkyl halides is 3. The van der Waals surface area contributed by atoms with Gasteiger partial charge in [0.25, 0.3) is 0 Å². The Morgan fingerprint density at radius 2 is 1.88 bits per heavy atom. The molecule has 0 aliphatic carbocycles. The molecule has 0 aliphatic heterocycles. The summed E-state index contributed by atoms with van der Waals surface area (Å²) >= 11 is 6.53. The third-order valence-corrected chi connectivity index (χ3v) is 3.44. The van der Waals surface area contributed by atoms with Crippen molar-refractivity contribution in [2.75, 3.05) is 0 Å². The molecular formula is C11H11Br2F3O. The molecule has 1 nitrogen and oxygen atoms in total. The molecule has 0 bridgehead atoms. The number of halogens is 5. The minimum absolute atomic E-state index is 0.0762. The summed E-state index contributed by atoms with van der Waals surface area (Å²) in [6.07, 6.45) is -5.87. The van der Waals surface area contributed by atoms with Crippen LogP contribution in [0.25, 0.3) is 0 Å². The van der Waals surface area contributed by atoms with E-state index in [0.29, 0.717) is 10.0 Å². The zero-order chi connectivity index (χ0) is 13.1. The first-order valence-corrected chi connectivity index (χ1v) is 6.58. The van der Waals surface area contributed by atoms with E-state index in [-0.39, 0.29) is 12.8 Å². The normalized spacial score (nSPS) is 13.8. The molecule has 6 heteroatoms. The predicted octanol–water partition coefficient (Wildman–Crippen LogP) is 4.98. The second kappa shape index (κ2) is 6.20. The SMILES string of the molecule is OC(CCCC(F)(F)F)c1ccc(Br)cc1Br. The van der Waals surface area contributed by atoms with Crippen molar-refractivity contribution in [2.24, 2.45) is 0 Å². The Labute approximate surface area is 114 Å². The van der Waals surface area contributed by atoms with Gasteiger partial charge in [-0.15, -0.1) is 0 Å². The summed E-state index contributed by atoms with van der Waals surface area (Å²) in [4.78, 5) is 0. The van der Waals surface area contributed by atoms with Crippen LogP contribution in [0.2, 0.25) is 0 Å². The van der Waals surface area contributed by atoms with E-state index in [1.165, 1.54) is 0 Å². The Hall–Kier alpha value is -0.0700. The van der Waals surface area contributed by atoms with Crippen molar-refractivity contribution in [1.82, 2.24) is 0 Å². The first-order valence-electron chi connectivity index (χ1n) is 4.99. The standard InChI is InChI=1S/C11H11Br2F3O/c12-7-3-4-8(9(13)6-7)10(17)2-1-5-11(14,15)16/h3-4,6,10,17H,1-2,5H2. The van der Waals surface area contributed by atoms with Crippen LogP contribution in [-0.4, -0.2) is 11.3 Å². The molecule has 0 heterocycles. The number of benzene rings is 1. The highest BCUT2D eigenvalue weighted by Crippen LogP contribution is 2.31. The Kier molecular flexibility index (Phi) is 5.47. The second-order valence-electron chi connectivity index (χ2n) is 3.69. The highest BCUT2D eigenvalue weighted by atomic mass is 79.9. The van der Waals surface area contributed by atoms with E-state index in [2.05, 4.69) is 31.9 Å². The molecule has 1 rings (SSSR count). The monoisotopic (exact) mass is 374 g/mol. The maximum Gasteiger partial charge on any atom is 0.389 e. The lowest BCUT2D eigenvalue weighted by molar-refractivity contribution is -0.136. The smallest absolute Gasteiger partial charge is 0.388 e. The first kappa shape index (κ1) is 15.0. The second-order valence-corrected chi connectivity index (χ2v) is 5.46. The largest absolute Gasteiger partial charge is 0.389 e. The topological polar surface area (TPSA) is 20.2 Å². The van der Waals surface area contributed by atoms with Crippen LogP contribution in [0.1, 0.15) is 30.9 Å². The summed E-state index contributed by atoms with van der Waals surface area (Å²) in [7, 11) is 0. The van der Waals surface area contributed by atoms with Gasteiger partial charge in [0.05, 0.1) is 6.10 Å². The number of hydrogen-bond donors (Lipinski definition) is 1. The van der Waals surface area contributed by atoms with Gasteiger partial charge in [0.2, 0.25) is 0 Å². The van der Waals surface area contributed by atoms with Crippen LogP contribution in [-0.2, 0) is 0 Å². The number of aliphatic hydroxyl groups is 1. The molecule has 0 spiro atoms. The average Bonchev–Trinajstić information content (AvgIpc) is 2.15. The van der Waals surface area contributed by atoms with Crippen LogP contribution in [0.15, 0.2) is 27.1 Å². The van der Waals surface area contributed by atoms with Crippen molar-refractivity contribution in [3.05, 3.63) is 32.7 Å². The van der Waals surface area contributed by atoms with E-state index < -0.39 is 18.7 Å². The molecule has 1 unspecified atom stereocenters. The van der Waals surface area contributed by atoms with Gasteiger partial charge in [-0.1, -0.05) is 37.9 Å². The number of hydrogen-bond acceptors (Lipinski definition) is 1. The minimum Gasteiger partial charge on any atom is -0.388 e. The highest BCUT2D eigenvalue weighted by Gasteiger charge is 2.26.